The van der Waals surface area contributed by atoms with Gasteiger partial charge in [-0.05, 0) is 37.3 Å². The van der Waals surface area contributed by atoms with E-state index in [0.29, 0.717) is 12.2 Å². The summed E-state index contributed by atoms with van der Waals surface area (Å²) >= 11 is 3.57. The van der Waals surface area contributed by atoms with Crippen molar-refractivity contribution in [3.8, 4) is 0 Å². The normalized spacial score (nSPS) is 20.2. The maximum absolute atomic E-state index is 14.8. The van der Waals surface area contributed by atoms with Crippen LogP contribution in [-0.2, 0) is 9.53 Å². The van der Waals surface area contributed by atoms with Crippen LogP contribution in [0.4, 0.5) is 10.1 Å². The molecule has 6 heteroatoms. The number of carbonyl (C=O) groups excluding carboxylic acids is 1. The smallest absolute Gasteiger partial charge is 0.361 e. The van der Waals surface area contributed by atoms with Crippen molar-refractivity contribution in [3.05, 3.63) is 99.8 Å². The number of hydrogen-bond donors (Lipinski definition) is 2. The molecular weight excluding hydrogens is 447 g/mol. The summed E-state index contributed by atoms with van der Waals surface area (Å²) in [7, 11) is 0. The maximum atomic E-state index is 14.8. The van der Waals surface area contributed by atoms with Crippen LogP contribution >= 0.6 is 15.9 Å². The lowest BCUT2D eigenvalue weighted by Crippen LogP contribution is -3.15. The fourth-order valence-corrected chi connectivity index (χ4v) is 4.51. The quantitative estimate of drug-likeness (QED) is 0.548. The van der Waals surface area contributed by atoms with Gasteiger partial charge in [-0.1, -0.05) is 58.4 Å². The molecule has 0 spiro atoms. The van der Waals surface area contributed by atoms with E-state index in [-0.39, 0.29) is 24.4 Å². The van der Waals surface area contributed by atoms with Gasteiger partial charge >= 0.3 is 5.97 Å². The first-order valence-corrected chi connectivity index (χ1v) is 10.7. The lowest BCUT2D eigenvalue weighted by atomic mass is 9.91. The van der Waals surface area contributed by atoms with Crippen molar-refractivity contribution in [1.29, 1.82) is 0 Å². The zero-order valence-corrected chi connectivity index (χ0v) is 18.2. The van der Waals surface area contributed by atoms with Crippen LogP contribution in [0.15, 0.2) is 77.3 Å². The van der Waals surface area contributed by atoms with Crippen LogP contribution in [0.3, 0.4) is 0 Å². The molecule has 0 aliphatic carbocycles. The monoisotopic (exact) mass is 469 g/mol. The van der Waals surface area contributed by atoms with Crippen molar-refractivity contribution in [2.24, 2.45) is 0 Å². The largest absolute Gasteiger partial charge is 0.462 e. The molecule has 0 saturated carbocycles. The van der Waals surface area contributed by atoms with Gasteiger partial charge in [-0.25, -0.2) is 9.18 Å². The number of benzene rings is 3. The zero-order valence-electron chi connectivity index (χ0n) is 16.6. The summed E-state index contributed by atoms with van der Waals surface area (Å²) in [6, 6.07) is 22.6. The van der Waals surface area contributed by atoms with Gasteiger partial charge in [0.25, 0.3) is 0 Å². The SMILES string of the molecule is CCOC(=O)C[NH+]1[C@H](c2ccccc2)c2cc(Br)ccc2N[C@@H]1c1ccccc1F. The highest BCUT2D eigenvalue weighted by molar-refractivity contribution is 9.10. The third-order valence-corrected chi connectivity index (χ3v) is 5.86. The number of ether oxygens (including phenoxy) is 1. The van der Waals surface area contributed by atoms with Crippen molar-refractivity contribution in [2.45, 2.75) is 19.1 Å². The molecule has 1 aliphatic heterocycles. The Balaban J connectivity index is 1.89. The van der Waals surface area contributed by atoms with E-state index in [2.05, 4.69) is 27.3 Å². The van der Waals surface area contributed by atoms with Crippen LogP contribution in [0.2, 0.25) is 0 Å². The van der Waals surface area contributed by atoms with Crippen LogP contribution in [0.25, 0.3) is 0 Å². The maximum Gasteiger partial charge on any atom is 0.361 e. The number of fused-ring (bicyclic) bond motifs is 1. The molecule has 1 unspecified atom stereocenters. The van der Waals surface area contributed by atoms with Crippen LogP contribution in [0.1, 0.15) is 35.8 Å². The van der Waals surface area contributed by atoms with Gasteiger partial charge in [-0.3, -0.25) is 4.90 Å². The Morgan fingerprint density at radius 2 is 1.80 bits per heavy atom. The Labute approximate surface area is 183 Å². The average molecular weight is 470 g/mol. The van der Waals surface area contributed by atoms with Gasteiger partial charge in [0.05, 0.1) is 12.2 Å². The summed E-state index contributed by atoms with van der Waals surface area (Å²) in [5.41, 5.74) is 3.54. The molecule has 154 valence electrons. The van der Waals surface area contributed by atoms with Gasteiger partial charge in [0, 0.05) is 21.3 Å². The van der Waals surface area contributed by atoms with Crippen LogP contribution in [-0.4, -0.2) is 19.1 Å². The molecule has 0 saturated heterocycles. The van der Waals surface area contributed by atoms with Crippen LogP contribution < -0.4 is 10.2 Å². The Bertz CT molecular complexity index is 1040. The van der Waals surface area contributed by atoms with Gasteiger partial charge in [0.15, 0.2) is 12.7 Å². The number of anilines is 1. The van der Waals surface area contributed by atoms with E-state index in [0.717, 1.165) is 26.2 Å². The van der Waals surface area contributed by atoms with E-state index in [1.807, 2.05) is 48.5 Å². The summed E-state index contributed by atoms with van der Waals surface area (Å²) in [6.07, 6.45) is -0.450. The molecular formula is C24H23BrFN2O2+. The highest BCUT2D eigenvalue weighted by Crippen LogP contribution is 2.35. The van der Waals surface area contributed by atoms with Crippen molar-refractivity contribution in [1.82, 2.24) is 0 Å². The van der Waals surface area contributed by atoms with Crippen molar-refractivity contribution in [2.75, 3.05) is 18.5 Å². The molecule has 4 rings (SSSR count). The van der Waals surface area contributed by atoms with E-state index in [9.17, 15) is 9.18 Å². The Kier molecular flexibility index (Phi) is 6.16. The minimum Gasteiger partial charge on any atom is -0.462 e. The minimum atomic E-state index is -0.450. The molecule has 3 aromatic rings. The number of rotatable bonds is 5. The number of nitrogens with one attached hydrogen (secondary N) is 2. The summed E-state index contributed by atoms with van der Waals surface area (Å²) in [5.74, 6) is -0.612. The van der Waals surface area contributed by atoms with Crippen molar-refractivity contribution >= 4 is 27.6 Å². The molecule has 3 aromatic carbocycles. The number of hydrogen-bond acceptors (Lipinski definition) is 3. The standard InChI is InChI=1S/C24H22BrFN2O2/c1-2-30-22(29)15-28-23(16-8-4-3-5-9-16)19-14-17(25)12-13-21(19)27-24(28)18-10-6-7-11-20(18)26/h3-14,23-24,27H,2,15H2,1H3/p+1/t23-,24+/m1/s1. The van der Waals surface area contributed by atoms with Gasteiger partial charge < -0.3 is 10.1 Å². The molecule has 0 amide bonds. The molecule has 1 heterocycles. The second kappa shape index (κ2) is 8.98. The summed E-state index contributed by atoms with van der Waals surface area (Å²) in [6.45, 7) is 2.20. The Hall–Kier alpha value is -2.70. The molecule has 30 heavy (non-hydrogen) atoms. The first kappa shape index (κ1) is 20.6. The fourth-order valence-electron chi connectivity index (χ4n) is 4.13. The number of carbonyl (C=O) groups is 1. The van der Waals surface area contributed by atoms with E-state index in [4.69, 9.17) is 4.74 Å². The molecule has 0 radical (unpaired) electrons. The van der Waals surface area contributed by atoms with E-state index in [1.165, 1.54) is 6.07 Å². The lowest BCUT2D eigenvalue weighted by molar-refractivity contribution is -0.947. The van der Waals surface area contributed by atoms with Gasteiger partial charge in [-0.15, -0.1) is 0 Å². The highest BCUT2D eigenvalue weighted by Gasteiger charge is 2.42. The Morgan fingerprint density at radius 1 is 1.07 bits per heavy atom. The third kappa shape index (κ3) is 4.11. The van der Waals surface area contributed by atoms with Gasteiger partial charge in [0.2, 0.25) is 0 Å². The molecule has 0 bridgehead atoms. The molecule has 4 nitrogen and oxygen atoms in total. The number of halogens is 2. The van der Waals surface area contributed by atoms with Crippen molar-refractivity contribution in [3.63, 3.8) is 0 Å². The predicted octanol–water partition coefficient (Wildman–Crippen LogP) is 4.25. The summed E-state index contributed by atoms with van der Waals surface area (Å²) in [4.78, 5) is 13.4. The molecule has 0 aromatic heterocycles. The van der Waals surface area contributed by atoms with Crippen LogP contribution in [0, 0.1) is 5.82 Å². The lowest BCUT2D eigenvalue weighted by Gasteiger charge is -2.41. The molecule has 1 aliphatic rings. The molecule has 3 atom stereocenters. The average Bonchev–Trinajstić information content (AvgIpc) is 2.74. The van der Waals surface area contributed by atoms with E-state index >= 15 is 0 Å². The number of quaternary nitrogens is 1. The molecule has 0 fully saturated rings. The Morgan fingerprint density at radius 3 is 2.53 bits per heavy atom. The fraction of sp³-hybridized carbons (Fsp3) is 0.208. The third-order valence-electron chi connectivity index (χ3n) is 5.37. The number of esters is 1. The van der Waals surface area contributed by atoms with E-state index < -0.39 is 6.17 Å². The van der Waals surface area contributed by atoms with Crippen molar-refractivity contribution < 1.29 is 18.8 Å². The summed E-state index contributed by atoms with van der Waals surface area (Å²) < 4.78 is 21.0. The first-order chi connectivity index (χ1) is 14.6. The summed E-state index contributed by atoms with van der Waals surface area (Å²) in [5, 5.41) is 3.47. The van der Waals surface area contributed by atoms with Crippen LogP contribution in [0.5, 0.6) is 0 Å². The zero-order chi connectivity index (χ0) is 21.1. The second-order valence-electron chi connectivity index (χ2n) is 7.23. The predicted molar refractivity (Wildman–Crippen MR) is 118 cm³/mol. The van der Waals surface area contributed by atoms with Gasteiger partial charge in [-0.2, -0.15) is 0 Å². The topological polar surface area (TPSA) is 42.8 Å². The van der Waals surface area contributed by atoms with Gasteiger partial charge in [0.1, 0.15) is 11.9 Å². The highest BCUT2D eigenvalue weighted by atomic mass is 79.9. The van der Waals surface area contributed by atoms with E-state index in [1.54, 1.807) is 19.1 Å². The molecule has 2 N–H and O–H groups in total. The second-order valence-corrected chi connectivity index (χ2v) is 8.15. The minimum absolute atomic E-state index is 0.103. The first-order valence-electron chi connectivity index (χ1n) is 9.95.